The SMILES string of the molecule is COc1ccc2[nH]cc(CCN3C(=O)C(O)=C(C(C)=O)[C@H]3c3ccc(Br)cc3)c2c1. The van der Waals surface area contributed by atoms with E-state index < -0.39 is 17.7 Å². The molecule has 4 rings (SSSR count). The summed E-state index contributed by atoms with van der Waals surface area (Å²) in [6, 6.07) is 12.6. The standard InChI is InChI=1S/C23H21BrN2O4/c1-13(27)20-21(14-3-5-16(24)6-4-14)26(23(29)22(20)28)10-9-15-12-25-19-8-7-17(30-2)11-18(15)19/h3-8,11-12,21,25,28H,9-10H2,1-2H3/t21-/m1/s1. The Morgan fingerprint density at radius 1 is 1.23 bits per heavy atom. The number of nitrogens with zero attached hydrogens (tertiary/aromatic N) is 1. The van der Waals surface area contributed by atoms with Crippen molar-refractivity contribution in [1.82, 2.24) is 9.88 Å². The first kappa shape index (κ1) is 20.2. The minimum atomic E-state index is -0.608. The number of hydrogen-bond acceptors (Lipinski definition) is 4. The number of aromatic amines is 1. The first-order chi connectivity index (χ1) is 14.4. The van der Waals surface area contributed by atoms with Crippen LogP contribution in [0.1, 0.15) is 24.1 Å². The van der Waals surface area contributed by atoms with Gasteiger partial charge in [-0.3, -0.25) is 9.59 Å². The van der Waals surface area contributed by atoms with Crippen LogP contribution in [0.15, 0.2) is 64.5 Å². The fraction of sp³-hybridized carbons (Fsp3) is 0.217. The second-order valence-corrected chi connectivity index (χ2v) is 8.16. The van der Waals surface area contributed by atoms with Gasteiger partial charge in [0.15, 0.2) is 11.5 Å². The number of halogens is 1. The van der Waals surface area contributed by atoms with E-state index in [2.05, 4.69) is 20.9 Å². The van der Waals surface area contributed by atoms with Crippen molar-refractivity contribution in [3.63, 3.8) is 0 Å². The van der Waals surface area contributed by atoms with E-state index in [1.54, 1.807) is 12.0 Å². The summed E-state index contributed by atoms with van der Waals surface area (Å²) >= 11 is 3.41. The third-order valence-corrected chi connectivity index (χ3v) is 5.99. The number of ether oxygens (including phenoxy) is 1. The molecule has 0 radical (unpaired) electrons. The Hall–Kier alpha value is -3.06. The van der Waals surface area contributed by atoms with Crippen LogP contribution in [0.25, 0.3) is 10.9 Å². The van der Waals surface area contributed by atoms with Crippen molar-refractivity contribution < 1.29 is 19.4 Å². The second-order valence-electron chi connectivity index (χ2n) is 7.25. The van der Waals surface area contributed by atoms with E-state index in [4.69, 9.17) is 4.74 Å². The molecule has 30 heavy (non-hydrogen) atoms. The van der Waals surface area contributed by atoms with Gasteiger partial charge in [0, 0.05) is 28.1 Å². The zero-order valence-electron chi connectivity index (χ0n) is 16.6. The minimum Gasteiger partial charge on any atom is -0.503 e. The Morgan fingerprint density at radius 3 is 2.63 bits per heavy atom. The topological polar surface area (TPSA) is 82.6 Å². The highest BCUT2D eigenvalue weighted by Crippen LogP contribution is 2.38. The van der Waals surface area contributed by atoms with Gasteiger partial charge in [0.2, 0.25) is 0 Å². The molecule has 1 atom stereocenters. The average Bonchev–Trinajstić information content (AvgIpc) is 3.25. The number of rotatable bonds is 6. The number of ketones is 1. The molecular formula is C23H21BrN2O4. The summed E-state index contributed by atoms with van der Waals surface area (Å²) in [5, 5.41) is 11.4. The van der Waals surface area contributed by atoms with Crippen LogP contribution in [0, 0.1) is 0 Å². The maximum absolute atomic E-state index is 12.8. The van der Waals surface area contributed by atoms with Crippen LogP contribution in [0.2, 0.25) is 0 Å². The lowest BCUT2D eigenvalue weighted by atomic mass is 9.96. The smallest absolute Gasteiger partial charge is 0.290 e. The number of methoxy groups -OCH3 is 1. The highest BCUT2D eigenvalue weighted by molar-refractivity contribution is 9.10. The zero-order chi connectivity index (χ0) is 21.4. The normalized spacial score (nSPS) is 16.6. The van der Waals surface area contributed by atoms with Crippen LogP contribution in [0.5, 0.6) is 5.75 Å². The number of H-pyrrole nitrogens is 1. The molecule has 6 nitrogen and oxygen atoms in total. The predicted molar refractivity (Wildman–Crippen MR) is 117 cm³/mol. The van der Waals surface area contributed by atoms with Gasteiger partial charge in [-0.05, 0) is 54.8 Å². The van der Waals surface area contributed by atoms with Gasteiger partial charge in [-0.25, -0.2) is 0 Å². The number of carbonyl (C=O) groups is 2. The summed E-state index contributed by atoms with van der Waals surface area (Å²) < 4.78 is 6.22. The van der Waals surface area contributed by atoms with E-state index in [0.717, 1.165) is 32.3 Å². The minimum absolute atomic E-state index is 0.142. The first-order valence-corrected chi connectivity index (χ1v) is 10.3. The Balaban J connectivity index is 1.66. The molecule has 0 saturated heterocycles. The number of aliphatic hydroxyl groups is 1. The molecule has 2 heterocycles. The van der Waals surface area contributed by atoms with E-state index in [-0.39, 0.29) is 11.4 Å². The third-order valence-electron chi connectivity index (χ3n) is 5.47. The third kappa shape index (κ3) is 3.50. The molecule has 3 aromatic rings. The molecule has 0 spiro atoms. The summed E-state index contributed by atoms with van der Waals surface area (Å²) in [7, 11) is 1.62. The molecule has 154 valence electrons. The number of hydrogen-bond donors (Lipinski definition) is 2. The molecule has 1 amide bonds. The van der Waals surface area contributed by atoms with E-state index in [0.29, 0.717) is 13.0 Å². The quantitative estimate of drug-likeness (QED) is 0.559. The average molecular weight is 469 g/mol. The number of carbonyl (C=O) groups excluding carboxylic acids is 2. The van der Waals surface area contributed by atoms with Gasteiger partial charge >= 0.3 is 0 Å². The van der Waals surface area contributed by atoms with Gasteiger partial charge in [0.1, 0.15) is 5.75 Å². The molecule has 0 saturated carbocycles. The Kier molecular flexibility index (Phi) is 5.39. The van der Waals surface area contributed by atoms with Crippen molar-refractivity contribution in [2.75, 3.05) is 13.7 Å². The molecule has 1 aliphatic rings. The number of fused-ring (bicyclic) bond motifs is 1. The number of nitrogens with one attached hydrogen (secondary N) is 1. The van der Waals surface area contributed by atoms with Crippen molar-refractivity contribution in [2.45, 2.75) is 19.4 Å². The lowest BCUT2D eigenvalue weighted by molar-refractivity contribution is -0.129. The monoisotopic (exact) mass is 468 g/mol. The molecule has 0 aliphatic carbocycles. The van der Waals surface area contributed by atoms with Crippen LogP contribution < -0.4 is 4.74 Å². The van der Waals surface area contributed by atoms with Crippen LogP contribution >= 0.6 is 15.9 Å². The summed E-state index contributed by atoms with van der Waals surface area (Å²) in [4.78, 5) is 29.9. The van der Waals surface area contributed by atoms with Crippen molar-refractivity contribution in [1.29, 1.82) is 0 Å². The number of aliphatic hydroxyl groups excluding tert-OH is 1. The Labute approximate surface area is 182 Å². The van der Waals surface area contributed by atoms with E-state index in [1.165, 1.54) is 6.92 Å². The Bertz CT molecular complexity index is 1160. The lowest BCUT2D eigenvalue weighted by Crippen LogP contribution is -2.32. The fourth-order valence-electron chi connectivity index (χ4n) is 3.97. The number of Topliss-reactive ketones (excluding diaryl/α,β-unsaturated/α-hetero) is 1. The summed E-state index contributed by atoms with van der Waals surface area (Å²) in [5.74, 6) is -0.541. The molecule has 7 heteroatoms. The van der Waals surface area contributed by atoms with Crippen molar-refractivity contribution in [3.05, 3.63) is 75.6 Å². The fourth-order valence-corrected chi connectivity index (χ4v) is 4.23. The van der Waals surface area contributed by atoms with E-state index in [1.807, 2.05) is 48.7 Å². The number of amides is 1. The molecule has 0 unspecified atom stereocenters. The van der Waals surface area contributed by atoms with Gasteiger partial charge in [0.05, 0.1) is 18.7 Å². The first-order valence-electron chi connectivity index (χ1n) is 9.55. The summed E-state index contributed by atoms with van der Waals surface area (Å²) in [6.45, 7) is 1.73. The highest BCUT2D eigenvalue weighted by Gasteiger charge is 2.42. The molecule has 1 aliphatic heterocycles. The molecule has 1 aromatic heterocycles. The van der Waals surface area contributed by atoms with E-state index >= 15 is 0 Å². The summed E-state index contributed by atoms with van der Waals surface area (Å²) in [5.41, 5.74) is 2.93. The number of benzene rings is 2. The lowest BCUT2D eigenvalue weighted by Gasteiger charge is -2.26. The van der Waals surface area contributed by atoms with Gasteiger partial charge < -0.3 is 19.7 Å². The van der Waals surface area contributed by atoms with Gasteiger partial charge in [-0.2, -0.15) is 0 Å². The maximum Gasteiger partial charge on any atom is 0.290 e. The van der Waals surface area contributed by atoms with Gasteiger partial charge in [-0.1, -0.05) is 28.1 Å². The Morgan fingerprint density at radius 2 is 1.97 bits per heavy atom. The molecular weight excluding hydrogens is 448 g/mol. The van der Waals surface area contributed by atoms with Crippen molar-refractivity contribution in [2.24, 2.45) is 0 Å². The van der Waals surface area contributed by atoms with Crippen LogP contribution in [-0.4, -0.2) is 40.3 Å². The predicted octanol–water partition coefficient (Wildman–Crippen LogP) is 4.47. The van der Waals surface area contributed by atoms with Crippen molar-refractivity contribution in [3.8, 4) is 5.75 Å². The van der Waals surface area contributed by atoms with Crippen LogP contribution in [0.4, 0.5) is 0 Å². The molecule has 0 bridgehead atoms. The van der Waals surface area contributed by atoms with Crippen molar-refractivity contribution >= 4 is 38.5 Å². The van der Waals surface area contributed by atoms with Gasteiger partial charge in [0.25, 0.3) is 5.91 Å². The number of aromatic nitrogens is 1. The highest BCUT2D eigenvalue weighted by atomic mass is 79.9. The van der Waals surface area contributed by atoms with Crippen LogP contribution in [0.3, 0.4) is 0 Å². The largest absolute Gasteiger partial charge is 0.503 e. The van der Waals surface area contributed by atoms with Gasteiger partial charge in [-0.15, -0.1) is 0 Å². The second kappa shape index (κ2) is 7.99. The zero-order valence-corrected chi connectivity index (χ0v) is 18.2. The van der Waals surface area contributed by atoms with Crippen LogP contribution in [-0.2, 0) is 16.0 Å². The maximum atomic E-state index is 12.8. The molecule has 0 fully saturated rings. The summed E-state index contributed by atoms with van der Waals surface area (Å²) in [6.07, 6.45) is 2.48. The van der Waals surface area contributed by atoms with E-state index in [9.17, 15) is 14.7 Å². The molecule has 2 N–H and O–H groups in total. The molecule has 2 aromatic carbocycles.